The average Bonchev–Trinajstić information content (AvgIpc) is 3.19. The van der Waals surface area contributed by atoms with Gasteiger partial charge in [0.15, 0.2) is 0 Å². The predicted octanol–water partition coefficient (Wildman–Crippen LogP) is 3.32. The lowest BCUT2D eigenvalue weighted by Gasteiger charge is -2.33. The first kappa shape index (κ1) is 18.5. The summed E-state index contributed by atoms with van der Waals surface area (Å²) in [6.45, 7) is 11.8. The smallest absolute Gasteiger partial charge is 0.410 e. The molecule has 5 nitrogen and oxygen atoms in total. The zero-order valence-electron chi connectivity index (χ0n) is 15.4. The summed E-state index contributed by atoms with van der Waals surface area (Å²) in [7, 11) is 0. The van der Waals surface area contributed by atoms with E-state index in [-0.39, 0.29) is 6.09 Å². The van der Waals surface area contributed by atoms with E-state index in [4.69, 9.17) is 9.47 Å². The quantitative estimate of drug-likeness (QED) is 0.761. The van der Waals surface area contributed by atoms with E-state index in [1.807, 2.05) is 25.7 Å². The van der Waals surface area contributed by atoms with Crippen molar-refractivity contribution in [2.24, 2.45) is 0 Å². The lowest BCUT2D eigenvalue weighted by molar-refractivity contribution is -0.0420. The molecule has 0 aromatic carbocycles. The molecule has 2 rings (SSSR count). The lowest BCUT2D eigenvalue weighted by Crippen LogP contribution is -2.43. The van der Waals surface area contributed by atoms with Crippen LogP contribution < -0.4 is 5.32 Å². The molecule has 1 saturated heterocycles. The molecule has 134 valence electrons. The summed E-state index contributed by atoms with van der Waals surface area (Å²) in [4.78, 5) is 14.2. The molecule has 1 aliphatic heterocycles. The van der Waals surface area contributed by atoms with Gasteiger partial charge in [0.25, 0.3) is 0 Å². The highest BCUT2D eigenvalue weighted by molar-refractivity contribution is 5.69. The summed E-state index contributed by atoms with van der Waals surface area (Å²) in [5.74, 6) is 0. The third-order valence-electron chi connectivity index (χ3n) is 4.32. The minimum Gasteiger partial charge on any atom is -0.444 e. The minimum absolute atomic E-state index is 0.159. The van der Waals surface area contributed by atoms with Crippen molar-refractivity contribution in [1.82, 2.24) is 10.2 Å². The lowest BCUT2D eigenvalue weighted by atomic mass is 10.00. The minimum atomic E-state index is -0.420. The summed E-state index contributed by atoms with van der Waals surface area (Å²) in [5, 5.41) is 3.63. The first-order chi connectivity index (χ1) is 10.7. The van der Waals surface area contributed by atoms with E-state index in [0.29, 0.717) is 24.3 Å². The van der Waals surface area contributed by atoms with Gasteiger partial charge in [0, 0.05) is 18.6 Å². The number of nitrogens with zero attached hydrogens (tertiary/aromatic N) is 1. The molecule has 1 heterocycles. The van der Waals surface area contributed by atoms with Gasteiger partial charge < -0.3 is 19.7 Å². The average molecular weight is 326 g/mol. The van der Waals surface area contributed by atoms with E-state index in [9.17, 15) is 4.79 Å². The zero-order chi connectivity index (χ0) is 17.0. The molecule has 1 N–H and O–H groups in total. The van der Waals surface area contributed by atoms with E-state index in [2.05, 4.69) is 19.2 Å². The number of carbonyl (C=O) groups excluding carboxylic acids is 1. The van der Waals surface area contributed by atoms with Crippen LogP contribution >= 0.6 is 0 Å². The number of nitrogens with one attached hydrogen (secondary N) is 1. The van der Waals surface area contributed by atoms with Crippen molar-refractivity contribution in [3.8, 4) is 0 Å². The van der Waals surface area contributed by atoms with Crippen LogP contribution in [0.5, 0.6) is 0 Å². The van der Waals surface area contributed by atoms with E-state index in [1.165, 1.54) is 0 Å². The highest BCUT2D eigenvalue weighted by Crippen LogP contribution is 2.28. The van der Waals surface area contributed by atoms with E-state index >= 15 is 0 Å². The zero-order valence-corrected chi connectivity index (χ0v) is 15.4. The van der Waals surface area contributed by atoms with Crippen molar-refractivity contribution in [1.29, 1.82) is 0 Å². The maximum absolute atomic E-state index is 12.3. The molecule has 2 aliphatic rings. The molecule has 0 bridgehead atoms. The molecule has 2 unspecified atom stereocenters. The molecule has 0 spiro atoms. The molecule has 2 atom stereocenters. The van der Waals surface area contributed by atoms with Crippen molar-refractivity contribution in [2.45, 2.75) is 96.6 Å². The fraction of sp³-hybridized carbons (Fsp3) is 0.944. The van der Waals surface area contributed by atoms with Gasteiger partial charge >= 0.3 is 6.09 Å². The molecule has 2 fully saturated rings. The van der Waals surface area contributed by atoms with Gasteiger partial charge in [-0.2, -0.15) is 0 Å². The van der Waals surface area contributed by atoms with Gasteiger partial charge in [0.1, 0.15) is 5.60 Å². The molecule has 0 aromatic rings. The van der Waals surface area contributed by atoms with E-state index in [0.717, 1.165) is 45.2 Å². The van der Waals surface area contributed by atoms with Crippen LogP contribution in [0.3, 0.4) is 0 Å². The Labute approximate surface area is 141 Å². The van der Waals surface area contributed by atoms with Crippen molar-refractivity contribution in [2.75, 3.05) is 13.1 Å². The second-order valence-electron chi connectivity index (χ2n) is 8.14. The fourth-order valence-electron chi connectivity index (χ4n) is 3.26. The Kier molecular flexibility index (Phi) is 6.32. The van der Waals surface area contributed by atoms with Crippen molar-refractivity contribution in [3.63, 3.8) is 0 Å². The second-order valence-corrected chi connectivity index (χ2v) is 8.14. The summed E-state index contributed by atoms with van der Waals surface area (Å²) in [5.41, 5.74) is -0.420. The molecule has 0 aromatic heterocycles. The van der Waals surface area contributed by atoms with Gasteiger partial charge in [-0.1, -0.05) is 0 Å². The van der Waals surface area contributed by atoms with Gasteiger partial charge in [-0.3, -0.25) is 0 Å². The van der Waals surface area contributed by atoms with Crippen LogP contribution in [-0.2, 0) is 9.47 Å². The Morgan fingerprint density at radius 1 is 1.22 bits per heavy atom. The van der Waals surface area contributed by atoms with Crippen LogP contribution in [0.2, 0.25) is 0 Å². The summed E-state index contributed by atoms with van der Waals surface area (Å²) in [6.07, 6.45) is 5.85. The van der Waals surface area contributed by atoms with E-state index < -0.39 is 5.60 Å². The van der Waals surface area contributed by atoms with Crippen LogP contribution in [0.25, 0.3) is 0 Å². The van der Waals surface area contributed by atoms with Gasteiger partial charge in [-0.05, 0) is 73.3 Å². The van der Waals surface area contributed by atoms with Crippen molar-refractivity contribution < 1.29 is 14.3 Å². The van der Waals surface area contributed by atoms with Gasteiger partial charge in [-0.15, -0.1) is 0 Å². The van der Waals surface area contributed by atoms with Crippen LogP contribution in [0.1, 0.15) is 66.7 Å². The third-order valence-corrected chi connectivity index (χ3v) is 4.32. The number of ether oxygens (including phenoxy) is 2. The number of hydrogen-bond donors (Lipinski definition) is 1. The largest absolute Gasteiger partial charge is 0.444 e. The normalized spacial score (nSPS) is 28.5. The molecule has 5 heteroatoms. The topological polar surface area (TPSA) is 50.8 Å². The van der Waals surface area contributed by atoms with Crippen molar-refractivity contribution in [3.05, 3.63) is 0 Å². The van der Waals surface area contributed by atoms with Crippen LogP contribution in [0.4, 0.5) is 4.79 Å². The van der Waals surface area contributed by atoms with Gasteiger partial charge in [-0.25, -0.2) is 4.79 Å². The molecular weight excluding hydrogens is 292 g/mol. The standard InChI is InChI=1S/C18H34N2O3/c1-13-11-15(12-14(2)22-13)19-9-6-10-20(16-7-8-16)17(21)23-18(3,4)5/h13-16,19H,6-12H2,1-5H3. The number of amides is 1. The summed E-state index contributed by atoms with van der Waals surface area (Å²) >= 11 is 0. The van der Waals surface area contributed by atoms with Gasteiger partial charge in [0.2, 0.25) is 0 Å². The Hall–Kier alpha value is -0.810. The first-order valence-electron chi connectivity index (χ1n) is 9.13. The highest BCUT2D eigenvalue weighted by atomic mass is 16.6. The molecule has 0 radical (unpaired) electrons. The number of rotatable bonds is 6. The van der Waals surface area contributed by atoms with Crippen LogP contribution in [0, 0.1) is 0 Å². The maximum Gasteiger partial charge on any atom is 0.410 e. The number of carbonyl (C=O) groups is 1. The Bertz CT molecular complexity index is 380. The van der Waals surface area contributed by atoms with E-state index in [1.54, 1.807) is 0 Å². The first-order valence-corrected chi connectivity index (χ1v) is 9.13. The third kappa shape index (κ3) is 6.68. The molecule has 23 heavy (non-hydrogen) atoms. The highest BCUT2D eigenvalue weighted by Gasteiger charge is 2.34. The Morgan fingerprint density at radius 2 is 1.83 bits per heavy atom. The fourth-order valence-corrected chi connectivity index (χ4v) is 3.26. The predicted molar refractivity (Wildman–Crippen MR) is 91.6 cm³/mol. The monoisotopic (exact) mass is 326 g/mol. The molecular formula is C18H34N2O3. The molecule has 1 aliphatic carbocycles. The Morgan fingerprint density at radius 3 is 2.35 bits per heavy atom. The maximum atomic E-state index is 12.3. The van der Waals surface area contributed by atoms with Gasteiger partial charge in [0.05, 0.1) is 12.2 Å². The molecule has 1 saturated carbocycles. The number of hydrogen-bond acceptors (Lipinski definition) is 4. The second kappa shape index (κ2) is 7.84. The van der Waals surface area contributed by atoms with Crippen molar-refractivity contribution >= 4 is 6.09 Å². The Balaban J connectivity index is 1.69. The summed E-state index contributed by atoms with van der Waals surface area (Å²) in [6, 6.07) is 0.928. The SMILES string of the molecule is CC1CC(NCCCN(C(=O)OC(C)(C)C)C2CC2)CC(C)O1. The molecule has 1 amide bonds. The van der Waals surface area contributed by atoms with Crippen LogP contribution in [-0.4, -0.2) is 54.0 Å². The van der Waals surface area contributed by atoms with Crippen LogP contribution in [0.15, 0.2) is 0 Å². The summed E-state index contributed by atoms with van der Waals surface area (Å²) < 4.78 is 11.3.